The maximum absolute atomic E-state index is 12.9. The van der Waals surface area contributed by atoms with Gasteiger partial charge in [-0.2, -0.15) is 8.78 Å². The minimum atomic E-state index is -4.01. The predicted octanol–water partition coefficient (Wildman–Crippen LogP) is 4.33. The van der Waals surface area contributed by atoms with Crippen molar-refractivity contribution in [1.82, 2.24) is 0 Å². The van der Waals surface area contributed by atoms with E-state index in [4.69, 9.17) is 11.6 Å². The molecule has 0 heterocycles. The summed E-state index contributed by atoms with van der Waals surface area (Å²) in [4.78, 5) is 0. The molecule has 0 aromatic rings. The van der Waals surface area contributed by atoms with E-state index in [0.29, 0.717) is 6.42 Å². The van der Waals surface area contributed by atoms with Crippen LogP contribution < -0.4 is 0 Å². The van der Waals surface area contributed by atoms with Gasteiger partial charge in [-0.05, 0) is 18.0 Å². The summed E-state index contributed by atoms with van der Waals surface area (Å²) < 4.78 is 37.2. The van der Waals surface area contributed by atoms with E-state index in [0.717, 1.165) is 0 Å². The number of alkyl halides is 6. The molecular weight excluding hydrogens is 327 g/mol. The Hall–Kier alpha value is 1.10. The van der Waals surface area contributed by atoms with Crippen LogP contribution in [-0.4, -0.2) is 14.4 Å². The minimum Gasteiger partial charge on any atom is -0.218 e. The van der Waals surface area contributed by atoms with Gasteiger partial charge in [-0.1, -0.05) is 41.1 Å². The molecule has 0 aliphatic heterocycles. The van der Waals surface area contributed by atoms with Crippen molar-refractivity contribution in [2.24, 2.45) is 0 Å². The van der Waals surface area contributed by atoms with Gasteiger partial charge in [0.05, 0.1) is 0 Å². The summed E-state index contributed by atoms with van der Waals surface area (Å²) in [6.07, 6.45) is 0.119. The van der Waals surface area contributed by atoms with Gasteiger partial charge in [0.1, 0.15) is 0 Å². The van der Waals surface area contributed by atoms with Gasteiger partial charge in [-0.25, -0.2) is 4.39 Å². The van der Waals surface area contributed by atoms with Crippen LogP contribution in [0.1, 0.15) is 19.8 Å². The monoisotopic (exact) mass is 334 g/mol. The molecule has 12 heavy (non-hydrogen) atoms. The summed E-state index contributed by atoms with van der Waals surface area (Å²) in [5.74, 6) is 0. The van der Waals surface area contributed by atoms with Crippen molar-refractivity contribution in [1.29, 1.82) is 0 Å². The number of halogens is 6. The molecule has 0 aromatic carbocycles. The lowest BCUT2D eigenvalue weighted by Gasteiger charge is -2.24. The minimum absolute atomic E-state index is 0.241. The second-order valence-corrected chi connectivity index (χ2v) is 5.25. The maximum atomic E-state index is 12.9. The van der Waals surface area contributed by atoms with Crippen molar-refractivity contribution >= 4 is 45.8 Å². The second-order valence-electron chi connectivity index (χ2n) is 2.41. The summed E-state index contributed by atoms with van der Waals surface area (Å²) in [5, 5.41) is -7.15. The van der Waals surface area contributed by atoms with Crippen LogP contribution >= 0.6 is 45.8 Å². The van der Waals surface area contributed by atoms with E-state index in [1.54, 1.807) is 6.92 Å². The zero-order chi connectivity index (χ0) is 9.99. The van der Waals surface area contributed by atoms with Crippen molar-refractivity contribution in [3.05, 3.63) is 0 Å². The Bertz CT molecular complexity index is 146. The van der Waals surface area contributed by atoms with Gasteiger partial charge in [0.15, 0.2) is 0 Å². The van der Waals surface area contributed by atoms with Crippen molar-refractivity contribution in [2.45, 2.75) is 34.2 Å². The average molecular weight is 335 g/mol. The molecule has 0 bridgehead atoms. The Balaban J connectivity index is 4.22. The summed E-state index contributed by atoms with van der Waals surface area (Å²) in [6.45, 7) is 1.76. The van der Waals surface area contributed by atoms with E-state index >= 15 is 0 Å². The molecule has 0 radical (unpaired) electrons. The smallest absolute Gasteiger partial charge is 0.218 e. The van der Waals surface area contributed by atoms with Crippen LogP contribution in [0.4, 0.5) is 13.2 Å². The molecule has 6 heteroatoms. The van der Waals surface area contributed by atoms with Gasteiger partial charge in [0.2, 0.25) is 0 Å². The largest absolute Gasteiger partial charge is 0.369 e. The molecule has 0 aliphatic rings. The second kappa shape index (κ2) is 4.55. The van der Waals surface area contributed by atoms with Crippen LogP contribution in [0.25, 0.3) is 0 Å². The van der Waals surface area contributed by atoms with Crippen LogP contribution in [-0.2, 0) is 0 Å². The SMILES string of the molecule is CCC(I)CC(F)(Cl)C(F)(F)Cl. The molecule has 0 aliphatic carbocycles. The molecule has 0 rings (SSSR count). The molecule has 0 amide bonds. The third-order valence-electron chi connectivity index (χ3n) is 1.34. The molecule has 74 valence electrons. The van der Waals surface area contributed by atoms with Crippen LogP contribution in [0.5, 0.6) is 0 Å². The topological polar surface area (TPSA) is 0 Å². The van der Waals surface area contributed by atoms with Gasteiger partial charge in [-0.15, -0.1) is 0 Å². The Kier molecular flexibility index (Phi) is 4.97. The zero-order valence-corrected chi connectivity index (χ0v) is 9.93. The van der Waals surface area contributed by atoms with Crippen LogP contribution in [0, 0.1) is 0 Å². The van der Waals surface area contributed by atoms with Crippen molar-refractivity contribution in [3.8, 4) is 0 Å². The predicted molar refractivity (Wildman–Crippen MR) is 53.2 cm³/mol. The zero-order valence-electron chi connectivity index (χ0n) is 6.26. The van der Waals surface area contributed by atoms with Crippen LogP contribution in [0.3, 0.4) is 0 Å². The molecule has 0 N–H and O–H groups in total. The number of hydrogen-bond donors (Lipinski definition) is 0. The maximum Gasteiger partial charge on any atom is 0.369 e. The summed E-state index contributed by atoms with van der Waals surface area (Å²) in [7, 11) is 0. The first-order chi connectivity index (χ1) is 5.20. The first kappa shape index (κ1) is 13.1. The molecule has 2 atom stereocenters. The average Bonchev–Trinajstić information content (AvgIpc) is 1.84. The van der Waals surface area contributed by atoms with E-state index in [-0.39, 0.29) is 3.92 Å². The van der Waals surface area contributed by atoms with Crippen molar-refractivity contribution < 1.29 is 13.2 Å². The van der Waals surface area contributed by atoms with E-state index in [1.165, 1.54) is 0 Å². The van der Waals surface area contributed by atoms with Crippen molar-refractivity contribution in [3.63, 3.8) is 0 Å². The molecule has 0 spiro atoms. The van der Waals surface area contributed by atoms with Gasteiger partial charge < -0.3 is 0 Å². The quantitative estimate of drug-likeness (QED) is 0.530. The van der Waals surface area contributed by atoms with Gasteiger partial charge >= 0.3 is 5.38 Å². The number of hydrogen-bond acceptors (Lipinski definition) is 0. The summed E-state index contributed by atoms with van der Waals surface area (Å²) in [5.41, 5.74) is 0. The fraction of sp³-hybridized carbons (Fsp3) is 1.00. The standard InChI is InChI=1S/C6H8Cl2F3I/c1-2-4(12)3-5(7,9)6(8,10)11/h4H,2-3H2,1H3. The fourth-order valence-corrected chi connectivity index (χ4v) is 1.67. The Labute approximate surface area is 92.9 Å². The molecule has 2 unspecified atom stereocenters. The Morgan fingerprint density at radius 1 is 1.33 bits per heavy atom. The third-order valence-corrected chi connectivity index (χ3v) is 3.44. The highest BCUT2D eigenvalue weighted by atomic mass is 127. The lowest BCUT2D eigenvalue weighted by molar-refractivity contribution is -0.0234. The molecule has 0 aromatic heterocycles. The normalized spacial score (nSPS) is 20.2. The lowest BCUT2D eigenvalue weighted by atomic mass is 10.2. The highest BCUT2D eigenvalue weighted by molar-refractivity contribution is 14.1. The van der Waals surface area contributed by atoms with Gasteiger partial charge in [0.25, 0.3) is 5.13 Å². The van der Waals surface area contributed by atoms with Gasteiger partial charge in [-0.3, -0.25) is 0 Å². The van der Waals surface area contributed by atoms with Gasteiger partial charge in [0, 0.05) is 10.3 Å². The molecule has 0 saturated heterocycles. The molecule has 0 fully saturated rings. The highest BCUT2D eigenvalue weighted by Gasteiger charge is 2.52. The van der Waals surface area contributed by atoms with Crippen LogP contribution in [0.15, 0.2) is 0 Å². The van der Waals surface area contributed by atoms with Crippen LogP contribution in [0.2, 0.25) is 0 Å². The summed E-state index contributed by atoms with van der Waals surface area (Å²) in [6, 6.07) is 0. The van der Waals surface area contributed by atoms with E-state index < -0.39 is 16.9 Å². The molecule has 0 saturated carbocycles. The van der Waals surface area contributed by atoms with E-state index in [1.807, 2.05) is 22.6 Å². The van der Waals surface area contributed by atoms with Crippen molar-refractivity contribution in [2.75, 3.05) is 0 Å². The number of rotatable bonds is 4. The Morgan fingerprint density at radius 2 is 1.75 bits per heavy atom. The molecule has 0 nitrogen and oxygen atoms in total. The highest BCUT2D eigenvalue weighted by Crippen LogP contribution is 2.44. The summed E-state index contributed by atoms with van der Waals surface area (Å²) >= 11 is 11.3. The van der Waals surface area contributed by atoms with E-state index in [9.17, 15) is 13.2 Å². The first-order valence-corrected chi connectivity index (χ1v) is 5.29. The third kappa shape index (κ3) is 3.87. The lowest BCUT2D eigenvalue weighted by Crippen LogP contribution is -2.36. The fourth-order valence-electron chi connectivity index (χ4n) is 0.538. The molecular formula is C6H8Cl2F3I. The first-order valence-electron chi connectivity index (χ1n) is 3.29. The van der Waals surface area contributed by atoms with E-state index in [2.05, 4.69) is 11.6 Å². The Morgan fingerprint density at radius 3 is 2.00 bits per heavy atom.